The van der Waals surface area contributed by atoms with Crippen LogP contribution in [-0.2, 0) is 22.9 Å². The lowest BCUT2D eigenvalue weighted by atomic mass is 10.1. The molecule has 1 aliphatic heterocycles. The smallest absolute Gasteiger partial charge is 0.293 e. The van der Waals surface area contributed by atoms with Crippen molar-refractivity contribution < 1.29 is 13.3 Å². The van der Waals surface area contributed by atoms with Crippen LogP contribution in [0.5, 0.6) is 0 Å². The van der Waals surface area contributed by atoms with Gasteiger partial charge in [0.25, 0.3) is 5.69 Å². The molecule has 0 radical (unpaired) electrons. The van der Waals surface area contributed by atoms with Crippen LogP contribution in [0.2, 0.25) is 0 Å². The standard InChI is InChI=1S/C19H23N3O4S/c1-27(25,26)17-8-9-18(19(12-17)22(23)24)20-13-15-4-6-16(7-5-15)14-21-10-2-3-11-21/h4-9,12,20H,2-3,10-11,13-14H2,1H3. The number of rotatable bonds is 7. The van der Waals surface area contributed by atoms with Gasteiger partial charge in [0.05, 0.1) is 9.82 Å². The van der Waals surface area contributed by atoms with E-state index in [1.165, 1.54) is 30.5 Å². The molecule has 1 fully saturated rings. The Kier molecular flexibility index (Phi) is 5.76. The minimum absolute atomic E-state index is 0.0639. The number of hydrogen-bond donors (Lipinski definition) is 1. The van der Waals surface area contributed by atoms with Gasteiger partial charge in [-0.25, -0.2) is 8.42 Å². The zero-order valence-electron chi connectivity index (χ0n) is 15.2. The average molecular weight is 389 g/mol. The molecule has 3 rings (SSSR count). The number of nitro groups is 1. The first-order chi connectivity index (χ1) is 12.8. The predicted octanol–water partition coefficient (Wildman–Crippen LogP) is 3.21. The van der Waals surface area contributed by atoms with Crippen molar-refractivity contribution in [1.29, 1.82) is 0 Å². The van der Waals surface area contributed by atoms with Gasteiger partial charge in [-0.3, -0.25) is 15.0 Å². The molecule has 7 nitrogen and oxygen atoms in total. The fraction of sp³-hybridized carbons (Fsp3) is 0.368. The summed E-state index contributed by atoms with van der Waals surface area (Å²) in [5.74, 6) is 0. The van der Waals surface area contributed by atoms with E-state index in [2.05, 4.69) is 22.3 Å². The quantitative estimate of drug-likeness (QED) is 0.577. The summed E-state index contributed by atoms with van der Waals surface area (Å²) in [6, 6.07) is 12.1. The van der Waals surface area contributed by atoms with Crippen LogP contribution >= 0.6 is 0 Å². The molecule has 1 saturated heterocycles. The van der Waals surface area contributed by atoms with E-state index in [1.54, 1.807) is 0 Å². The predicted molar refractivity (Wildman–Crippen MR) is 104 cm³/mol. The summed E-state index contributed by atoms with van der Waals surface area (Å²) in [7, 11) is -3.49. The SMILES string of the molecule is CS(=O)(=O)c1ccc(NCc2ccc(CN3CCCC3)cc2)c([N+](=O)[O-])c1. The lowest BCUT2D eigenvalue weighted by Gasteiger charge is -2.15. The Bertz CT molecular complexity index is 920. The van der Waals surface area contributed by atoms with Gasteiger partial charge in [-0.2, -0.15) is 0 Å². The van der Waals surface area contributed by atoms with Crippen LogP contribution in [0.15, 0.2) is 47.4 Å². The number of benzene rings is 2. The van der Waals surface area contributed by atoms with Crippen LogP contribution in [0.25, 0.3) is 0 Å². The molecule has 0 amide bonds. The molecule has 1 N–H and O–H groups in total. The molecular formula is C19H23N3O4S. The summed E-state index contributed by atoms with van der Waals surface area (Å²) in [6.45, 7) is 3.67. The maximum atomic E-state index is 11.6. The molecule has 1 aliphatic rings. The Morgan fingerprint density at radius 3 is 2.30 bits per heavy atom. The third-order valence-electron chi connectivity index (χ3n) is 4.70. The molecule has 0 bridgehead atoms. The average Bonchev–Trinajstić information content (AvgIpc) is 3.13. The summed E-state index contributed by atoms with van der Waals surface area (Å²) in [6.07, 6.45) is 3.56. The van der Waals surface area contributed by atoms with Crippen molar-refractivity contribution in [3.8, 4) is 0 Å². The minimum Gasteiger partial charge on any atom is -0.375 e. The number of sulfone groups is 1. The largest absolute Gasteiger partial charge is 0.375 e. The van der Waals surface area contributed by atoms with Gasteiger partial charge in [0, 0.05) is 25.4 Å². The first-order valence-electron chi connectivity index (χ1n) is 8.85. The van der Waals surface area contributed by atoms with Crippen LogP contribution in [-0.4, -0.2) is 37.6 Å². The van der Waals surface area contributed by atoms with Crippen LogP contribution in [0.3, 0.4) is 0 Å². The highest BCUT2D eigenvalue weighted by molar-refractivity contribution is 7.90. The third kappa shape index (κ3) is 5.05. The monoisotopic (exact) mass is 389 g/mol. The van der Waals surface area contributed by atoms with Gasteiger partial charge in [0.15, 0.2) is 9.84 Å². The highest BCUT2D eigenvalue weighted by Gasteiger charge is 2.18. The summed E-state index contributed by atoms with van der Waals surface area (Å²) in [5, 5.41) is 14.3. The molecule has 0 unspecified atom stereocenters. The molecule has 8 heteroatoms. The molecule has 0 spiro atoms. The van der Waals surface area contributed by atoms with Crippen molar-refractivity contribution in [3.05, 3.63) is 63.7 Å². The molecular weight excluding hydrogens is 366 g/mol. The first kappa shape index (κ1) is 19.3. The molecule has 2 aromatic carbocycles. The fourth-order valence-electron chi connectivity index (χ4n) is 3.20. The fourth-order valence-corrected chi connectivity index (χ4v) is 3.84. The molecule has 0 aromatic heterocycles. The van der Waals surface area contributed by atoms with Gasteiger partial charge in [0.1, 0.15) is 5.69 Å². The molecule has 1 heterocycles. The van der Waals surface area contributed by atoms with E-state index in [0.29, 0.717) is 12.2 Å². The van der Waals surface area contributed by atoms with E-state index < -0.39 is 14.8 Å². The van der Waals surface area contributed by atoms with Crippen molar-refractivity contribution in [3.63, 3.8) is 0 Å². The Balaban J connectivity index is 1.68. The maximum absolute atomic E-state index is 11.6. The molecule has 0 atom stereocenters. The van der Waals surface area contributed by atoms with Crippen molar-refractivity contribution in [2.75, 3.05) is 24.7 Å². The lowest BCUT2D eigenvalue weighted by Crippen LogP contribution is -2.18. The van der Waals surface area contributed by atoms with Crippen LogP contribution < -0.4 is 5.32 Å². The second-order valence-corrected chi connectivity index (χ2v) is 8.88. The molecule has 144 valence electrons. The highest BCUT2D eigenvalue weighted by Crippen LogP contribution is 2.28. The van der Waals surface area contributed by atoms with Crippen molar-refractivity contribution >= 4 is 21.2 Å². The second kappa shape index (κ2) is 8.06. The highest BCUT2D eigenvalue weighted by atomic mass is 32.2. The van der Waals surface area contributed by atoms with Crippen LogP contribution in [0.4, 0.5) is 11.4 Å². The van der Waals surface area contributed by atoms with E-state index in [4.69, 9.17) is 0 Å². The molecule has 0 saturated carbocycles. The van der Waals surface area contributed by atoms with E-state index in [1.807, 2.05) is 12.1 Å². The number of nitrogens with zero attached hydrogens (tertiary/aromatic N) is 2. The topological polar surface area (TPSA) is 92.6 Å². The van der Waals surface area contributed by atoms with E-state index >= 15 is 0 Å². The number of nitro benzene ring substituents is 1. The van der Waals surface area contributed by atoms with Gasteiger partial charge in [-0.05, 0) is 49.2 Å². The number of hydrogen-bond acceptors (Lipinski definition) is 6. The summed E-state index contributed by atoms with van der Waals surface area (Å²) in [5.41, 5.74) is 2.31. The Morgan fingerprint density at radius 1 is 1.07 bits per heavy atom. The van der Waals surface area contributed by atoms with Gasteiger partial charge < -0.3 is 5.32 Å². The Labute approximate surface area is 159 Å². The normalized spacial score (nSPS) is 15.0. The van der Waals surface area contributed by atoms with Crippen molar-refractivity contribution in [2.24, 2.45) is 0 Å². The zero-order chi connectivity index (χ0) is 19.4. The second-order valence-electron chi connectivity index (χ2n) is 6.86. The van der Waals surface area contributed by atoms with E-state index in [0.717, 1.165) is 37.5 Å². The Hall–Kier alpha value is -2.45. The summed E-state index contributed by atoms with van der Waals surface area (Å²) >= 11 is 0. The summed E-state index contributed by atoms with van der Waals surface area (Å²) < 4.78 is 23.2. The van der Waals surface area contributed by atoms with Gasteiger partial charge in [-0.15, -0.1) is 0 Å². The minimum atomic E-state index is -3.49. The van der Waals surface area contributed by atoms with Gasteiger partial charge in [0.2, 0.25) is 0 Å². The molecule has 2 aromatic rings. The van der Waals surface area contributed by atoms with E-state index in [9.17, 15) is 18.5 Å². The van der Waals surface area contributed by atoms with Gasteiger partial charge in [-0.1, -0.05) is 24.3 Å². The van der Waals surface area contributed by atoms with Crippen molar-refractivity contribution in [1.82, 2.24) is 4.90 Å². The zero-order valence-corrected chi connectivity index (χ0v) is 16.0. The molecule has 0 aliphatic carbocycles. The van der Waals surface area contributed by atoms with Gasteiger partial charge >= 0.3 is 0 Å². The number of nitrogens with one attached hydrogen (secondary N) is 1. The Morgan fingerprint density at radius 2 is 1.70 bits per heavy atom. The van der Waals surface area contributed by atoms with E-state index in [-0.39, 0.29) is 10.6 Å². The lowest BCUT2D eigenvalue weighted by molar-refractivity contribution is -0.384. The summed E-state index contributed by atoms with van der Waals surface area (Å²) in [4.78, 5) is 13.1. The third-order valence-corrected chi connectivity index (χ3v) is 5.82. The molecule has 27 heavy (non-hydrogen) atoms. The first-order valence-corrected chi connectivity index (χ1v) is 10.7. The number of anilines is 1. The van der Waals surface area contributed by atoms with Crippen LogP contribution in [0, 0.1) is 10.1 Å². The van der Waals surface area contributed by atoms with Crippen molar-refractivity contribution in [2.45, 2.75) is 30.8 Å². The van der Waals surface area contributed by atoms with Crippen LogP contribution in [0.1, 0.15) is 24.0 Å². The maximum Gasteiger partial charge on any atom is 0.293 e. The number of likely N-dealkylation sites (tertiary alicyclic amines) is 1.